The van der Waals surface area contributed by atoms with Crippen LogP contribution >= 0.6 is 0 Å². The number of rotatable bonds is 6. The predicted molar refractivity (Wildman–Crippen MR) is 80.6 cm³/mol. The summed E-state index contributed by atoms with van der Waals surface area (Å²) in [5.41, 5.74) is 7.69. The van der Waals surface area contributed by atoms with Gasteiger partial charge in [0.2, 0.25) is 5.91 Å². The number of carbonyl (C=O) groups excluding carboxylic acids is 1. The maximum atomic E-state index is 11.4. The van der Waals surface area contributed by atoms with E-state index in [1.54, 1.807) is 6.92 Å². The molecule has 1 saturated heterocycles. The van der Waals surface area contributed by atoms with Gasteiger partial charge in [-0.05, 0) is 30.9 Å². The minimum atomic E-state index is -0.475. The van der Waals surface area contributed by atoms with Gasteiger partial charge < -0.3 is 20.5 Å². The van der Waals surface area contributed by atoms with Crippen LogP contribution in [0.2, 0.25) is 0 Å². The van der Waals surface area contributed by atoms with Crippen molar-refractivity contribution >= 4 is 5.91 Å². The van der Waals surface area contributed by atoms with E-state index in [2.05, 4.69) is 5.32 Å². The first-order chi connectivity index (χ1) is 10.1. The van der Waals surface area contributed by atoms with Gasteiger partial charge in [-0.25, -0.2) is 0 Å². The third kappa shape index (κ3) is 5.46. The van der Waals surface area contributed by atoms with Gasteiger partial charge in [0.1, 0.15) is 0 Å². The van der Waals surface area contributed by atoms with Crippen LogP contribution in [0, 0.1) is 0 Å². The zero-order chi connectivity index (χ0) is 15.1. The van der Waals surface area contributed by atoms with Gasteiger partial charge in [0, 0.05) is 19.8 Å². The lowest BCUT2D eigenvalue weighted by molar-refractivity contribution is -0.122. The molecule has 3 N–H and O–H groups in total. The Balaban J connectivity index is 1.74. The molecule has 0 radical (unpaired) electrons. The summed E-state index contributed by atoms with van der Waals surface area (Å²) in [6, 6.07) is 7.60. The molecule has 2 rings (SSSR count). The molecule has 0 spiro atoms. The lowest BCUT2D eigenvalue weighted by atomic mass is 10.1. The van der Waals surface area contributed by atoms with Crippen LogP contribution in [0.3, 0.4) is 0 Å². The van der Waals surface area contributed by atoms with E-state index >= 15 is 0 Å². The van der Waals surface area contributed by atoms with E-state index in [1.807, 2.05) is 24.3 Å². The van der Waals surface area contributed by atoms with Crippen molar-refractivity contribution in [3.8, 4) is 0 Å². The number of nitrogens with two attached hydrogens (primary N) is 1. The number of hydrogen-bond donors (Lipinski definition) is 2. The topological polar surface area (TPSA) is 73.6 Å². The second kappa shape index (κ2) is 8.12. The molecule has 1 heterocycles. The molecular weight excluding hydrogens is 268 g/mol. The number of carbonyl (C=O) groups is 1. The van der Waals surface area contributed by atoms with Gasteiger partial charge in [-0.1, -0.05) is 24.3 Å². The number of hydrogen-bond acceptors (Lipinski definition) is 4. The Kier molecular flexibility index (Phi) is 6.17. The van der Waals surface area contributed by atoms with E-state index in [0.29, 0.717) is 19.3 Å². The fraction of sp³-hybridized carbons (Fsp3) is 0.562. The molecule has 5 heteroatoms. The molecule has 1 aliphatic rings. The van der Waals surface area contributed by atoms with Crippen molar-refractivity contribution in [1.29, 1.82) is 0 Å². The van der Waals surface area contributed by atoms with Crippen LogP contribution in [0.5, 0.6) is 0 Å². The van der Waals surface area contributed by atoms with Crippen LogP contribution in [0.25, 0.3) is 0 Å². The van der Waals surface area contributed by atoms with Crippen LogP contribution in [0.15, 0.2) is 24.3 Å². The average Bonchev–Trinajstić information content (AvgIpc) is 2.52. The van der Waals surface area contributed by atoms with E-state index < -0.39 is 6.04 Å². The fourth-order valence-electron chi connectivity index (χ4n) is 2.16. The van der Waals surface area contributed by atoms with Crippen LogP contribution in [0.1, 0.15) is 30.9 Å². The van der Waals surface area contributed by atoms with Gasteiger partial charge in [-0.15, -0.1) is 0 Å². The van der Waals surface area contributed by atoms with Gasteiger partial charge in [0.05, 0.1) is 18.8 Å². The normalized spacial score (nSPS) is 17.4. The lowest BCUT2D eigenvalue weighted by Crippen LogP contribution is -2.37. The summed E-state index contributed by atoms with van der Waals surface area (Å²) >= 11 is 0. The first kappa shape index (κ1) is 15.9. The van der Waals surface area contributed by atoms with Crippen molar-refractivity contribution in [2.45, 2.75) is 45.1 Å². The molecule has 0 saturated carbocycles. The molecule has 1 aliphatic heterocycles. The van der Waals surface area contributed by atoms with Crippen LogP contribution in [-0.2, 0) is 27.4 Å². The first-order valence-corrected chi connectivity index (χ1v) is 7.45. The van der Waals surface area contributed by atoms with Crippen molar-refractivity contribution in [3.05, 3.63) is 35.4 Å². The van der Waals surface area contributed by atoms with E-state index in [0.717, 1.165) is 37.2 Å². The molecule has 1 fully saturated rings. The summed E-state index contributed by atoms with van der Waals surface area (Å²) in [6.45, 7) is 4.39. The second-order valence-electron chi connectivity index (χ2n) is 5.45. The summed E-state index contributed by atoms with van der Waals surface area (Å²) in [7, 11) is 0. The fourth-order valence-corrected chi connectivity index (χ4v) is 2.16. The minimum Gasteiger partial charge on any atom is -0.381 e. The maximum absolute atomic E-state index is 11.4. The van der Waals surface area contributed by atoms with Gasteiger partial charge in [0.15, 0.2) is 0 Å². The highest BCUT2D eigenvalue weighted by atomic mass is 16.5. The van der Waals surface area contributed by atoms with Crippen molar-refractivity contribution in [2.75, 3.05) is 13.2 Å². The molecule has 1 atom stereocenters. The molecule has 0 unspecified atom stereocenters. The Morgan fingerprint density at radius 3 is 2.57 bits per heavy atom. The molecule has 0 bridgehead atoms. The Labute approximate surface area is 125 Å². The zero-order valence-corrected chi connectivity index (χ0v) is 12.5. The van der Waals surface area contributed by atoms with Crippen molar-refractivity contribution in [2.24, 2.45) is 5.73 Å². The highest BCUT2D eigenvalue weighted by Crippen LogP contribution is 2.14. The molecule has 1 amide bonds. The van der Waals surface area contributed by atoms with E-state index in [-0.39, 0.29) is 5.91 Å². The van der Waals surface area contributed by atoms with E-state index in [1.165, 1.54) is 0 Å². The Bertz CT molecular complexity index is 439. The Morgan fingerprint density at radius 1 is 1.33 bits per heavy atom. The average molecular weight is 292 g/mol. The van der Waals surface area contributed by atoms with Gasteiger partial charge in [0.25, 0.3) is 0 Å². The summed E-state index contributed by atoms with van der Waals surface area (Å²) in [4.78, 5) is 11.4. The monoisotopic (exact) mass is 292 g/mol. The molecule has 0 aromatic heterocycles. The van der Waals surface area contributed by atoms with E-state index in [9.17, 15) is 4.79 Å². The van der Waals surface area contributed by atoms with Gasteiger partial charge in [-0.2, -0.15) is 0 Å². The molecule has 5 nitrogen and oxygen atoms in total. The lowest BCUT2D eigenvalue weighted by Gasteiger charge is -2.22. The molecule has 0 aliphatic carbocycles. The quantitative estimate of drug-likeness (QED) is 0.830. The number of ether oxygens (including phenoxy) is 2. The van der Waals surface area contributed by atoms with Crippen LogP contribution < -0.4 is 11.1 Å². The summed E-state index contributed by atoms with van der Waals surface area (Å²) in [6.07, 6.45) is 2.26. The molecule has 1 aromatic carbocycles. The van der Waals surface area contributed by atoms with Crippen LogP contribution in [0.4, 0.5) is 0 Å². The van der Waals surface area contributed by atoms with Crippen molar-refractivity contribution in [3.63, 3.8) is 0 Å². The predicted octanol–water partition coefficient (Wildman–Crippen LogP) is 1.35. The van der Waals surface area contributed by atoms with Crippen molar-refractivity contribution in [1.82, 2.24) is 5.32 Å². The zero-order valence-electron chi connectivity index (χ0n) is 12.5. The minimum absolute atomic E-state index is 0.137. The highest BCUT2D eigenvalue weighted by Gasteiger charge is 2.13. The Hall–Kier alpha value is -1.43. The summed E-state index contributed by atoms with van der Waals surface area (Å²) in [5.74, 6) is -0.137. The number of amides is 1. The Morgan fingerprint density at radius 2 is 1.95 bits per heavy atom. The largest absolute Gasteiger partial charge is 0.381 e. The standard InChI is InChI=1S/C16H24N2O3/c1-12(17)16(19)18-10-13-2-4-14(5-3-13)11-21-15-6-8-20-9-7-15/h2-5,12,15H,6-11,17H2,1H3,(H,18,19)/t12-/m1/s1. The highest BCUT2D eigenvalue weighted by molar-refractivity contribution is 5.80. The number of nitrogens with one attached hydrogen (secondary N) is 1. The number of benzene rings is 1. The van der Waals surface area contributed by atoms with Crippen molar-refractivity contribution < 1.29 is 14.3 Å². The molecule has 21 heavy (non-hydrogen) atoms. The maximum Gasteiger partial charge on any atom is 0.236 e. The summed E-state index contributed by atoms with van der Waals surface area (Å²) in [5, 5.41) is 2.79. The molecule has 1 aromatic rings. The molecule has 116 valence electrons. The SMILES string of the molecule is C[C@@H](N)C(=O)NCc1ccc(COC2CCOCC2)cc1. The second-order valence-corrected chi connectivity index (χ2v) is 5.45. The third-order valence-electron chi connectivity index (χ3n) is 3.56. The van der Waals surface area contributed by atoms with Gasteiger partial charge in [-0.3, -0.25) is 4.79 Å². The first-order valence-electron chi connectivity index (χ1n) is 7.45. The summed E-state index contributed by atoms with van der Waals surface area (Å²) < 4.78 is 11.2. The third-order valence-corrected chi connectivity index (χ3v) is 3.56. The molecular formula is C16H24N2O3. The van der Waals surface area contributed by atoms with Gasteiger partial charge >= 0.3 is 0 Å². The van der Waals surface area contributed by atoms with E-state index in [4.69, 9.17) is 15.2 Å². The van der Waals surface area contributed by atoms with Crippen LogP contribution in [-0.4, -0.2) is 31.3 Å². The smallest absolute Gasteiger partial charge is 0.236 e.